The first kappa shape index (κ1) is 17.7. The molecule has 0 aromatic heterocycles. The van der Waals surface area contributed by atoms with Gasteiger partial charge in [-0.25, -0.2) is 4.79 Å². The van der Waals surface area contributed by atoms with Gasteiger partial charge in [-0.15, -0.1) is 0 Å². The first-order valence-electron chi connectivity index (χ1n) is 8.56. The number of allylic oxidation sites excluding steroid dienone is 1. The normalized spacial score (nSPS) is 16.6. The molecule has 5 heteroatoms. The van der Waals surface area contributed by atoms with Crippen molar-refractivity contribution in [2.24, 2.45) is 4.99 Å². The van der Waals surface area contributed by atoms with Crippen molar-refractivity contribution in [2.75, 3.05) is 13.7 Å². The van der Waals surface area contributed by atoms with Crippen LogP contribution in [0.1, 0.15) is 31.0 Å². The van der Waals surface area contributed by atoms with E-state index in [2.05, 4.69) is 5.32 Å². The highest BCUT2D eigenvalue weighted by Gasteiger charge is 2.32. The van der Waals surface area contributed by atoms with Crippen LogP contribution in [0.15, 0.2) is 70.9 Å². The molecule has 1 N–H and O–H groups in total. The number of aliphatic imine (C=N–C) groups is 1. The lowest BCUT2D eigenvalue weighted by atomic mass is 9.94. The Bertz CT molecular complexity index is 857. The maximum absolute atomic E-state index is 12.6. The third kappa shape index (κ3) is 3.47. The zero-order valence-corrected chi connectivity index (χ0v) is 15.2. The van der Waals surface area contributed by atoms with Crippen LogP contribution >= 0.6 is 0 Å². The number of nitrogens with zero attached hydrogens (tertiary/aromatic N) is 1. The van der Waals surface area contributed by atoms with E-state index in [0.29, 0.717) is 23.8 Å². The molecule has 1 aliphatic rings. The molecule has 0 fully saturated rings. The molecular formula is C21H22N2O3. The van der Waals surface area contributed by atoms with Crippen molar-refractivity contribution >= 4 is 11.8 Å². The number of nitrogens with one attached hydrogen (secondary N) is 1. The molecule has 2 aromatic rings. The van der Waals surface area contributed by atoms with Gasteiger partial charge in [0.25, 0.3) is 0 Å². The molecule has 0 spiro atoms. The summed E-state index contributed by atoms with van der Waals surface area (Å²) >= 11 is 0. The van der Waals surface area contributed by atoms with Gasteiger partial charge in [0, 0.05) is 16.8 Å². The van der Waals surface area contributed by atoms with Gasteiger partial charge in [-0.1, -0.05) is 48.5 Å². The van der Waals surface area contributed by atoms with Crippen LogP contribution < -0.4 is 10.1 Å². The number of hydrogen-bond donors (Lipinski definition) is 1. The molecule has 26 heavy (non-hydrogen) atoms. The standard InChI is InChI=1S/C21H22N2O3/c1-4-26-21(24)18-14(2)22-20(15-10-6-5-7-11-15)23-19(18)16-12-8-9-13-17(16)25-3/h5-13,19H,4H2,1-3H3,(H,22,23). The Morgan fingerprint density at radius 3 is 2.50 bits per heavy atom. The molecule has 1 unspecified atom stereocenters. The third-order valence-corrected chi connectivity index (χ3v) is 4.22. The lowest BCUT2D eigenvalue weighted by molar-refractivity contribution is -0.138. The quantitative estimate of drug-likeness (QED) is 0.837. The predicted octanol–water partition coefficient (Wildman–Crippen LogP) is 3.62. The Kier molecular flexibility index (Phi) is 5.37. The number of methoxy groups -OCH3 is 1. The van der Waals surface area contributed by atoms with Gasteiger partial charge in [0.2, 0.25) is 0 Å². The Labute approximate surface area is 153 Å². The second-order valence-corrected chi connectivity index (χ2v) is 5.87. The van der Waals surface area contributed by atoms with E-state index in [-0.39, 0.29) is 5.97 Å². The highest BCUT2D eigenvalue weighted by Crippen LogP contribution is 2.37. The number of hydrogen-bond acceptors (Lipinski definition) is 5. The third-order valence-electron chi connectivity index (χ3n) is 4.22. The number of amidine groups is 1. The van der Waals surface area contributed by atoms with Crippen LogP contribution in [0.25, 0.3) is 0 Å². The summed E-state index contributed by atoms with van der Waals surface area (Å²) in [6.45, 7) is 3.97. The van der Waals surface area contributed by atoms with Gasteiger partial charge in [-0.2, -0.15) is 0 Å². The van der Waals surface area contributed by atoms with Crippen molar-refractivity contribution < 1.29 is 14.3 Å². The van der Waals surface area contributed by atoms with Crippen molar-refractivity contribution in [3.05, 3.63) is 77.0 Å². The molecule has 2 aromatic carbocycles. The number of esters is 1. The molecule has 0 aliphatic carbocycles. The van der Waals surface area contributed by atoms with E-state index in [1.54, 1.807) is 14.0 Å². The molecule has 1 atom stereocenters. The van der Waals surface area contributed by atoms with Crippen LogP contribution in [0, 0.1) is 0 Å². The van der Waals surface area contributed by atoms with Gasteiger partial charge in [-0.05, 0) is 19.9 Å². The summed E-state index contributed by atoms with van der Waals surface area (Å²) < 4.78 is 10.8. The summed E-state index contributed by atoms with van der Waals surface area (Å²) in [7, 11) is 1.61. The summed E-state index contributed by atoms with van der Waals surface area (Å²) in [4.78, 5) is 17.4. The van der Waals surface area contributed by atoms with E-state index >= 15 is 0 Å². The minimum atomic E-state index is -0.498. The van der Waals surface area contributed by atoms with E-state index in [4.69, 9.17) is 14.5 Å². The molecule has 5 nitrogen and oxygen atoms in total. The van der Waals surface area contributed by atoms with Gasteiger partial charge in [0.1, 0.15) is 17.6 Å². The van der Waals surface area contributed by atoms with Crippen molar-refractivity contribution in [2.45, 2.75) is 19.9 Å². The zero-order chi connectivity index (χ0) is 18.5. The SMILES string of the molecule is CCOC(=O)C1=C(C)NC(c2ccccc2)=NC1c1ccccc1OC. The molecular weight excluding hydrogens is 328 g/mol. The second-order valence-electron chi connectivity index (χ2n) is 5.87. The number of benzene rings is 2. The molecule has 0 amide bonds. The number of rotatable bonds is 5. The number of ether oxygens (including phenoxy) is 2. The molecule has 0 saturated heterocycles. The molecule has 0 radical (unpaired) electrons. The average molecular weight is 350 g/mol. The van der Waals surface area contributed by atoms with Crippen LogP contribution in [0.4, 0.5) is 0 Å². The Hall–Kier alpha value is -3.08. The largest absolute Gasteiger partial charge is 0.496 e. The molecule has 0 saturated carbocycles. The molecule has 1 heterocycles. The van der Waals surface area contributed by atoms with Crippen molar-refractivity contribution in [1.82, 2.24) is 5.32 Å². The minimum Gasteiger partial charge on any atom is -0.496 e. The van der Waals surface area contributed by atoms with Crippen LogP contribution in [0.3, 0.4) is 0 Å². The minimum absolute atomic E-state index is 0.309. The zero-order valence-electron chi connectivity index (χ0n) is 15.2. The first-order chi connectivity index (χ1) is 12.7. The van der Waals surface area contributed by atoms with Crippen LogP contribution in [0.2, 0.25) is 0 Å². The number of carbonyl (C=O) groups is 1. The maximum atomic E-state index is 12.6. The van der Waals surface area contributed by atoms with Gasteiger partial charge in [0.15, 0.2) is 0 Å². The molecule has 3 rings (SSSR count). The smallest absolute Gasteiger partial charge is 0.338 e. The van der Waals surface area contributed by atoms with Crippen LogP contribution in [-0.4, -0.2) is 25.5 Å². The number of para-hydroxylation sites is 1. The van der Waals surface area contributed by atoms with Gasteiger partial charge >= 0.3 is 5.97 Å². The van der Waals surface area contributed by atoms with Gasteiger partial charge in [-0.3, -0.25) is 4.99 Å². The lowest BCUT2D eigenvalue weighted by Gasteiger charge is -2.27. The second kappa shape index (κ2) is 7.87. The fourth-order valence-electron chi connectivity index (χ4n) is 3.01. The van der Waals surface area contributed by atoms with Gasteiger partial charge in [0.05, 0.1) is 19.3 Å². The van der Waals surface area contributed by atoms with Crippen LogP contribution in [0.5, 0.6) is 5.75 Å². The van der Waals surface area contributed by atoms with E-state index < -0.39 is 6.04 Å². The van der Waals surface area contributed by atoms with Gasteiger partial charge < -0.3 is 14.8 Å². The average Bonchev–Trinajstić information content (AvgIpc) is 2.68. The van der Waals surface area contributed by atoms with E-state index in [0.717, 1.165) is 16.8 Å². The summed E-state index contributed by atoms with van der Waals surface area (Å²) in [6.07, 6.45) is 0. The van der Waals surface area contributed by atoms with E-state index in [1.807, 2.05) is 61.5 Å². The molecule has 1 aliphatic heterocycles. The van der Waals surface area contributed by atoms with E-state index in [9.17, 15) is 4.79 Å². The van der Waals surface area contributed by atoms with Crippen molar-refractivity contribution in [3.8, 4) is 5.75 Å². The highest BCUT2D eigenvalue weighted by atomic mass is 16.5. The topological polar surface area (TPSA) is 59.9 Å². The Morgan fingerprint density at radius 1 is 1.12 bits per heavy atom. The fraction of sp³-hybridized carbons (Fsp3) is 0.238. The van der Waals surface area contributed by atoms with Crippen LogP contribution in [-0.2, 0) is 9.53 Å². The summed E-state index contributed by atoms with van der Waals surface area (Å²) in [5.41, 5.74) is 3.01. The molecule has 0 bridgehead atoms. The Morgan fingerprint density at radius 2 is 1.81 bits per heavy atom. The van der Waals surface area contributed by atoms with Crippen molar-refractivity contribution in [1.29, 1.82) is 0 Å². The summed E-state index contributed by atoms with van der Waals surface area (Å²) in [5.74, 6) is 1.03. The Balaban J connectivity index is 2.12. The van der Waals surface area contributed by atoms with Crippen molar-refractivity contribution in [3.63, 3.8) is 0 Å². The highest BCUT2D eigenvalue weighted by molar-refractivity contribution is 6.03. The monoisotopic (exact) mass is 350 g/mol. The fourth-order valence-corrected chi connectivity index (χ4v) is 3.01. The summed E-state index contributed by atoms with van der Waals surface area (Å²) in [6, 6.07) is 16.9. The predicted molar refractivity (Wildman–Crippen MR) is 101 cm³/mol. The van der Waals surface area contributed by atoms with E-state index in [1.165, 1.54) is 0 Å². The summed E-state index contributed by atoms with van der Waals surface area (Å²) in [5, 5.41) is 3.25. The number of carbonyl (C=O) groups excluding carboxylic acids is 1. The molecule has 134 valence electrons. The maximum Gasteiger partial charge on any atom is 0.338 e. The first-order valence-corrected chi connectivity index (χ1v) is 8.56. The lowest BCUT2D eigenvalue weighted by Crippen LogP contribution is -2.32.